The molecule has 3 heteroatoms. The van der Waals surface area contributed by atoms with E-state index in [4.69, 9.17) is 4.74 Å². The summed E-state index contributed by atoms with van der Waals surface area (Å²) in [5.74, 6) is 0.810. The molecule has 3 atom stereocenters. The van der Waals surface area contributed by atoms with Crippen molar-refractivity contribution in [2.45, 2.75) is 52.2 Å². The Labute approximate surface area is 134 Å². The molecule has 1 aliphatic carbocycles. The highest BCUT2D eigenvalue weighted by Gasteiger charge is 2.49. The van der Waals surface area contributed by atoms with Gasteiger partial charge in [0.2, 0.25) is 0 Å². The molecule has 0 radical (unpaired) electrons. The minimum atomic E-state index is -0.443. The lowest BCUT2D eigenvalue weighted by Gasteiger charge is -2.40. The van der Waals surface area contributed by atoms with Crippen LogP contribution in [0.2, 0.25) is 0 Å². The van der Waals surface area contributed by atoms with Crippen LogP contribution in [-0.4, -0.2) is 36.2 Å². The number of β-amino-alcohol motifs (C(OH)–C–C–N with tert-alkyl or cyclic N) is 1. The van der Waals surface area contributed by atoms with Gasteiger partial charge in [-0.15, -0.1) is 0 Å². The Balaban J connectivity index is 1.71. The molecule has 0 amide bonds. The van der Waals surface area contributed by atoms with Gasteiger partial charge in [-0.25, -0.2) is 0 Å². The summed E-state index contributed by atoms with van der Waals surface area (Å²) in [5.41, 5.74) is 1.79. The molecule has 3 nitrogen and oxygen atoms in total. The molecule has 1 aliphatic heterocycles. The Kier molecular flexibility index (Phi) is 3.98. The van der Waals surface area contributed by atoms with Crippen molar-refractivity contribution in [2.75, 3.05) is 20.2 Å². The zero-order chi connectivity index (χ0) is 16.0. The van der Waals surface area contributed by atoms with E-state index in [2.05, 4.69) is 25.7 Å². The molecule has 2 fully saturated rings. The largest absolute Gasteiger partial charge is 0.497 e. The fourth-order valence-electron chi connectivity index (χ4n) is 4.97. The van der Waals surface area contributed by atoms with Crippen molar-refractivity contribution >= 4 is 0 Å². The van der Waals surface area contributed by atoms with Crippen LogP contribution in [0.25, 0.3) is 0 Å². The second-order valence-electron chi connectivity index (χ2n) is 8.44. The van der Waals surface area contributed by atoms with Crippen molar-refractivity contribution in [1.82, 2.24) is 4.90 Å². The summed E-state index contributed by atoms with van der Waals surface area (Å²) in [6.45, 7) is 9.03. The van der Waals surface area contributed by atoms with Crippen LogP contribution < -0.4 is 4.74 Å². The van der Waals surface area contributed by atoms with E-state index < -0.39 is 6.10 Å². The molecule has 0 spiro atoms. The van der Waals surface area contributed by atoms with Crippen molar-refractivity contribution in [3.05, 3.63) is 29.8 Å². The second-order valence-corrected chi connectivity index (χ2v) is 8.44. The van der Waals surface area contributed by atoms with Gasteiger partial charge in [0.1, 0.15) is 5.75 Å². The number of benzene rings is 1. The zero-order valence-corrected chi connectivity index (χ0v) is 14.3. The van der Waals surface area contributed by atoms with E-state index in [0.29, 0.717) is 16.9 Å². The standard InChI is InChI=1S/C19H29NO2/c1-18(2)9-15-10-19(3,12-18)13-20(15)11-17(21)14-6-5-7-16(8-14)22-4/h5-8,15,17,21H,9-13H2,1-4H3. The van der Waals surface area contributed by atoms with Gasteiger partial charge >= 0.3 is 0 Å². The Morgan fingerprint density at radius 2 is 2.09 bits per heavy atom. The normalized spacial score (nSPS) is 32.0. The van der Waals surface area contributed by atoms with Gasteiger partial charge in [-0.2, -0.15) is 0 Å². The molecule has 1 aromatic carbocycles. The van der Waals surface area contributed by atoms with Gasteiger partial charge in [0.25, 0.3) is 0 Å². The zero-order valence-electron chi connectivity index (χ0n) is 14.3. The summed E-state index contributed by atoms with van der Waals surface area (Å²) < 4.78 is 5.26. The molecule has 3 unspecified atom stereocenters. The number of fused-ring (bicyclic) bond motifs is 2. The maximum Gasteiger partial charge on any atom is 0.119 e. The number of hydrogen-bond acceptors (Lipinski definition) is 3. The van der Waals surface area contributed by atoms with E-state index in [1.165, 1.54) is 19.3 Å². The molecule has 2 bridgehead atoms. The van der Waals surface area contributed by atoms with Gasteiger partial charge in [0.05, 0.1) is 13.2 Å². The number of aliphatic hydroxyl groups is 1. The summed E-state index contributed by atoms with van der Waals surface area (Å²) in [7, 11) is 1.66. The highest BCUT2D eigenvalue weighted by Crippen LogP contribution is 2.52. The average Bonchev–Trinajstić information content (AvgIpc) is 2.67. The Bertz CT molecular complexity index is 542. The highest BCUT2D eigenvalue weighted by atomic mass is 16.5. The van der Waals surface area contributed by atoms with Crippen LogP contribution in [0.4, 0.5) is 0 Å². The molecule has 2 aliphatic rings. The van der Waals surface area contributed by atoms with Crippen LogP contribution in [0.3, 0.4) is 0 Å². The number of likely N-dealkylation sites (tertiary alicyclic amines) is 1. The molecule has 0 aromatic heterocycles. The number of nitrogens with zero attached hydrogens (tertiary/aromatic N) is 1. The van der Waals surface area contributed by atoms with Gasteiger partial charge in [-0.1, -0.05) is 32.9 Å². The molecule has 1 N–H and O–H groups in total. The van der Waals surface area contributed by atoms with Crippen LogP contribution in [-0.2, 0) is 0 Å². The SMILES string of the molecule is COc1cccc(C(O)CN2CC3(C)CC2CC(C)(C)C3)c1. The van der Waals surface area contributed by atoms with E-state index >= 15 is 0 Å². The van der Waals surface area contributed by atoms with Crippen molar-refractivity contribution in [2.24, 2.45) is 10.8 Å². The third-order valence-electron chi connectivity index (χ3n) is 5.41. The number of rotatable bonds is 4. The molecular formula is C19H29NO2. The first kappa shape index (κ1) is 15.8. The number of hydrogen-bond donors (Lipinski definition) is 1. The maximum absolute atomic E-state index is 10.6. The second kappa shape index (κ2) is 5.54. The first-order valence-electron chi connectivity index (χ1n) is 8.36. The molecular weight excluding hydrogens is 274 g/mol. The van der Waals surface area contributed by atoms with Crippen molar-refractivity contribution in [3.63, 3.8) is 0 Å². The van der Waals surface area contributed by atoms with E-state index in [1.807, 2.05) is 24.3 Å². The number of ether oxygens (including phenoxy) is 1. The smallest absolute Gasteiger partial charge is 0.119 e. The van der Waals surface area contributed by atoms with Gasteiger partial charge in [0, 0.05) is 19.1 Å². The first-order chi connectivity index (χ1) is 10.3. The van der Waals surface area contributed by atoms with Crippen LogP contribution in [0.15, 0.2) is 24.3 Å². The van der Waals surface area contributed by atoms with E-state index in [0.717, 1.165) is 24.4 Å². The van der Waals surface area contributed by atoms with E-state index in [1.54, 1.807) is 7.11 Å². The first-order valence-corrected chi connectivity index (χ1v) is 8.36. The topological polar surface area (TPSA) is 32.7 Å². The lowest BCUT2D eigenvalue weighted by atomic mass is 9.65. The van der Waals surface area contributed by atoms with Gasteiger partial charge in [0.15, 0.2) is 0 Å². The third kappa shape index (κ3) is 3.16. The van der Waals surface area contributed by atoms with Crippen LogP contribution in [0.5, 0.6) is 5.75 Å². The predicted molar refractivity (Wildman–Crippen MR) is 89.1 cm³/mol. The van der Waals surface area contributed by atoms with E-state index in [-0.39, 0.29) is 0 Å². The summed E-state index contributed by atoms with van der Waals surface area (Å²) in [6, 6.07) is 8.42. The fraction of sp³-hybridized carbons (Fsp3) is 0.684. The highest BCUT2D eigenvalue weighted by molar-refractivity contribution is 5.30. The number of methoxy groups -OCH3 is 1. The Hall–Kier alpha value is -1.06. The lowest BCUT2D eigenvalue weighted by Crippen LogP contribution is -2.36. The van der Waals surface area contributed by atoms with Crippen LogP contribution in [0.1, 0.15) is 51.7 Å². The summed E-state index contributed by atoms with van der Waals surface area (Å²) in [5, 5.41) is 10.6. The molecule has 1 heterocycles. The molecule has 1 saturated heterocycles. The van der Waals surface area contributed by atoms with Gasteiger partial charge in [-0.05, 0) is 47.8 Å². The molecule has 1 aromatic rings. The van der Waals surface area contributed by atoms with Crippen LogP contribution in [0, 0.1) is 10.8 Å². The third-order valence-corrected chi connectivity index (χ3v) is 5.41. The molecule has 3 rings (SSSR count). The Morgan fingerprint density at radius 1 is 1.32 bits per heavy atom. The molecule has 122 valence electrons. The maximum atomic E-state index is 10.6. The van der Waals surface area contributed by atoms with Crippen molar-refractivity contribution in [3.8, 4) is 5.75 Å². The summed E-state index contributed by atoms with van der Waals surface area (Å²) in [4.78, 5) is 2.51. The van der Waals surface area contributed by atoms with Crippen molar-refractivity contribution < 1.29 is 9.84 Å². The number of aliphatic hydroxyl groups excluding tert-OH is 1. The predicted octanol–water partition coefficient (Wildman–Crippen LogP) is 3.63. The minimum absolute atomic E-state index is 0.417. The lowest BCUT2D eigenvalue weighted by molar-refractivity contribution is 0.0920. The van der Waals surface area contributed by atoms with Gasteiger partial charge < -0.3 is 9.84 Å². The molecule has 1 saturated carbocycles. The van der Waals surface area contributed by atoms with E-state index in [9.17, 15) is 5.11 Å². The molecule has 22 heavy (non-hydrogen) atoms. The van der Waals surface area contributed by atoms with Crippen molar-refractivity contribution in [1.29, 1.82) is 0 Å². The van der Waals surface area contributed by atoms with Gasteiger partial charge in [-0.3, -0.25) is 4.90 Å². The fourth-order valence-corrected chi connectivity index (χ4v) is 4.97. The quantitative estimate of drug-likeness (QED) is 0.922. The minimum Gasteiger partial charge on any atom is -0.497 e. The average molecular weight is 303 g/mol. The monoisotopic (exact) mass is 303 g/mol. The summed E-state index contributed by atoms with van der Waals surface area (Å²) >= 11 is 0. The van der Waals surface area contributed by atoms with Crippen LogP contribution >= 0.6 is 0 Å². The summed E-state index contributed by atoms with van der Waals surface area (Å²) in [6.07, 6.45) is 3.37. The Morgan fingerprint density at radius 3 is 2.82 bits per heavy atom.